The Kier molecular flexibility index (Phi) is 2.45. The molecule has 2 rings (SSSR count). The van der Waals surface area contributed by atoms with Crippen molar-refractivity contribution in [3.8, 4) is 17.3 Å². The Labute approximate surface area is 86.9 Å². The summed E-state index contributed by atoms with van der Waals surface area (Å²) in [6, 6.07) is 6.98. The third kappa shape index (κ3) is 2.01. The van der Waals surface area contributed by atoms with E-state index in [1.165, 1.54) is 0 Å². The average Bonchev–Trinajstić information content (AvgIpc) is 2.29. The van der Waals surface area contributed by atoms with Crippen molar-refractivity contribution in [3.63, 3.8) is 0 Å². The highest BCUT2D eigenvalue weighted by molar-refractivity contribution is 5.58. The zero-order chi connectivity index (χ0) is 10.7. The zero-order valence-corrected chi connectivity index (χ0v) is 8.21. The second kappa shape index (κ2) is 3.91. The van der Waals surface area contributed by atoms with E-state index >= 15 is 0 Å². The Morgan fingerprint density at radius 2 is 2.00 bits per heavy atom. The first-order valence-corrected chi connectivity index (χ1v) is 4.39. The summed E-state index contributed by atoms with van der Waals surface area (Å²) in [5.74, 6) is 0.475. The molecule has 0 radical (unpaired) electrons. The van der Waals surface area contributed by atoms with Gasteiger partial charge in [0.2, 0.25) is 5.88 Å². The lowest BCUT2D eigenvalue weighted by atomic mass is 10.2. The molecule has 76 valence electrons. The largest absolute Gasteiger partial charge is 0.480 e. The van der Waals surface area contributed by atoms with Gasteiger partial charge in [-0.1, -0.05) is 0 Å². The highest BCUT2D eigenvalue weighted by atomic mass is 16.5. The van der Waals surface area contributed by atoms with Crippen molar-refractivity contribution < 1.29 is 4.74 Å². The number of nitrogen functional groups attached to an aromatic ring is 1. The molecule has 0 unspecified atom stereocenters. The van der Waals surface area contributed by atoms with E-state index in [0.717, 1.165) is 0 Å². The molecular weight excluding hydrogens is 192 g/mol. The van der Waals surface area contributed by atoms with Crippen LogP contribution < -0.4 is 10.5 Å². The van der Waals surface area contributed by atoms with Crippen molar-refractivity contribution in [1.29, 1.82) is 0 Å². The number of pyridine rings is 1. The molecule has 0 aliphatic carbocycles. The molecule has 0 aliphatic rings. The predicted octanol–water partition coefficient (Wildman–Crippen LogP) is 1.13. The van der Waals surface area contributed by atoms with Crippen molar-refractivity contribution in [2.45, 2.75) is 0 Å². The summed E-state index contributed by atoms with van der Waals surface area (Å²) in [5, 5.41) is 7.82. The van der Waals surface area contributed by atoms with Crippen LogP contribution in [-0.2, 0) is 0 Å². The van der Waals surface area contributed by atoms with E-state index < -0.39 is 0 Å². The molecule has 15 heavy (non-hydrogen) atoms. The van der Waals surface area contributed by atoms with Gasteiger partial charge in [0.15, 0.2) is 0 Å². The summed E-state index contributed by atoms with van der Waals surface area (Å²) in [5.41, 5.74) is 7.66. The van der Waals surface area contributed by atoms with Crippen LogP contribution in [-0.4, -0.2) is 22.3 Å². The topological polar surface area (TPSA) is 73.9 Å². The molecule has 0 saturated carbocycles. The van der Waals surface area contributed by atoms with Gasteiger partial charge in [-0.25, -0.2) is 0 Å². The van der Waals surface area contributed by atoms with Gasteiger partial charge in [0.25, 0.3) is 0 Å². The first-order valence-electron chi connectivity index (χ1n) is 4.39. The van der Waals surface area contributed by atoms with Crippen molar-refractivity contribution in [2.75, 3.05) is 12.8 Å². The van der Waals surface area contributed by atoms with Gasteiger partial charge >= 0.3 is 0 Å². The summed E-state index contributed by atoms with van der Waals surface area (Å²) < 4.78 is 4.91. The molecule has 0 atom stereocenters. The molecule has 2 N–H and O–H groups in total. The molecular formula is C10H10N4O. The maximum Gasteiger partial charge on any atom is 0.233 e. The van der Waals surface area contributed by atoms with Crippen LogP contribution in [0, 0.1) is 0 Å². The van der Waals surface area contributed by atoms with Gasteiger partial charge in [-0.2, -0.15) is 0 Å². The van der Waals surface area contributed by atoms with Crippen molar-refractivity contribution in [1.82, 2.24) is 15.2 Å². The summed E-state index contributed by atoms with van der Waals surface area (Å²) in [6.45, 7) is 0. The lowest BCUT2D eigenvalue weighted by molar-refractivity contribution is 0.392. The van der Waals surface area contributed by atoms with Crippen molar-refractivity contribution >= 4 is 5.69 Å². The molecule has 0 saturated heterocycles. The Morgan fingerprint density at radius 3 is 2.60 bits per heavy atom. The lowest BCUT2D eigenvalue weighted by Gasteiger charge is -2.01. The van der Waals surface area contributed by atoms with Crippen LogP contribution in [0.5, 0.6) is 5.88 Å². The fraction of sp³-hybridized carbons (Fsp3) is 0.100. The van der Waals surface area contributed by atoms with Gasteiger partial charge in [0.05, 0.1) is 12.8 Å². The van der Waals surface area contributed by atoms with Crippen molar-refractivity contribution in [2.24, 2.45) is 0 Å². The minimum absolute atomic E-state index is 0.475. The molecule has 0 fully saturated rings. The number of aromatic nitrogens is 3. The SMILES string of the molecule is COc1ccc(-c2cc(N)ccn2)nn1. The highest BCUT2D eigenvalue weighted by Gasteiger charge is 2.02. The third-order valence-electron chi connectivity index (χ3n) is 1.90. The number of ether oxygens (including phenoxy) is 1. The van der Waals surface area contributed by atoms with E-state index in [2.05, 4.69) is 15.2 Å². The van der Waals surface area contributed by atoms with Crippen LogP contribution in [0.3, 0.4) is 0 Å². The predicted molar refractivity (Wildman–Crippen MR) is 56.2 cm³/mol. The molecule has 2 aromatic heterocycles. The number of hydrogen-bond acceptors (Lipinski definition) is 5. The van der Waals surface area contributed by atoms with Gasteiger partial charge in [-0.05, 0) is 18.2 Å². The number of hydrogen-bond donors (Lipinski definition) is 1. The Hall–Kier alpha value is -2.17. The quantitative estimate of drug-likeness (QED) is 0.790. The summed E-state index contributed by atoms with van der Waals surface area (Å²) >= 11 is 0. The minimum Gasteiger partial charge on any atom is -0.480 e. The monoisotopic (exact) mass is 202 g/mol. The smallest absolute Gasteiger partial charge is 0.233 e. The fourth-order valence-electron chi connectivity index (χ4n) is 1.15. The van der Waals surface area contributed by atoms with E-state index in [9.17, 15) is 0 Å². The van der Waals surface area contributed by atoms with Crippen molar-refractivity contribution in [3.05, 3.63) is 30.5 Å². The molecule has 0 aromatic carbocycles. The summed E-state index contributed by atoms with van der Waals surface area (Å²) in [6.07, 6.45) is 1.64. The van der Waals surface area contributed by atoms with Gasteiger partial charge in [0, 0.05) is 18.0 Å². The number of nitrogens with two attached hydrogens (primary N) is 1. The van der Waals surface area contributed by atoms with Gasteiger partial charge in [-0.3, -0.25) is 4.98 Å². The average molecular weight is 202 g/mol. The van der Waals surface area contributed by atoms with E-state index in [1.54, 1.807) is 37.6 Å². The van der Waals surface area contributed by atoms with Crippen LogP contribution in [0.4, 0.5) is 5.69 Å². The minimum atomic E-state index is 0.475. The molecule has 0 spiro atoms. The first kappa shape index (κ1) is 9.39. The van der Waals surface area contributed by atoms with Crippen LogP contribution >= 0.6 is 0 Å². The van der Waals surface area contributed by atoms with Crippen LogP contribution in [0.15, 0.2) is 30.5 Å². The Bertz CT molecular complexity index is 455. The number of methoxy groups -OCH3 is 1. The number of nitrogens with zero attached hydrogens (tertiary/aromatic N) is 3. The molecule has 2 heterocycles. The van der Waals surface area contributed by atoms with E-state index in [0.29, 0.717) is 23.0 Å². The Morgan fingerprint density at radius 1 is 1.13 bits per heavy atom. The van der Waals surface area contributed by atoms with E-state index in [4.69, 9.17) is 10.5 Å². The fourth-order valence-corrected chi connectivity index (χ4v) is 1.15. The normalized spacial score (nSPS) is 9.93. The second-order valence-electron chi connectivity index (χ2n) is 2.94. The van der Waals surface area contributed by atoms with Gasteiger partial charge in [-0.15, -0.1) is 10.2 Å². The lowest BCUT2D eigenvalue weighted by Crippen LogP contribution is -1.94. The van der Waals surface area contributed by atoms with Crippen LogP contribution in [0.1, 0.15) is 0 Å². The van der Waals surface area contributed by atoms with Crippen LogP contribution in [0.25, 0.3) is 11.4 Å². The van der Waals surface area contributed by atoms with Gasteiger partial charge < -0.3 is 10.5 Å². The molecule has 2 aromatic rings. The number of anilines is 1. The summed E-state index contributed by atoms with van der Waals surface area (Å²) in [7, 11) is 1.54. The van der Waals surface area contributed by atoms with E-state index in [1.807, 2.05) is 0 Å². The number of rotatable bonds is 2. The molecule has 5 heteroatoms. The van der Waals surface area contributed by atoms with Gasteiger partial charge in [0.1, 0.15) is 5.69 Å². The second-order valence-corrected chi connectivity index (χ2v) is 2.94. The highest BCUT2D eigenvalue weighted by Crippen LogP contribution is 2.16. The Balaban J connectivity index is 2.37. The zero-order valence-electron chi connectivity index (χ0n) is 8.21. The molecule has 0 aliphatic heterocycles. The molecule has 5 nitrogen and oxygen atoms in total. The standard InChI is InChI=1S/C10H10N4O/c1-15-10-3-2-8(13-14-10)9-6-7(11)4-5-12-9/h2-6H,1H3,(H2,11,12). The third-order valence-corrected chi connectivity index (χ3v) is 1.90. The first-order chi connectivity index (χ1) is 7.29. The maximum atomic E-state index is 5.64. The van der Waals surface area contributed by atoms with E-state index in [-0.39, 0.29) is 0 Å². The molecule has 0 bridgehead atoms. The summed E-state index contributed by atoms with van der Waals surface area (Å²) in [4.78, 5) is 4.14. The molecule has 0 amide bonds. The maximum absolute atomic E-state index is 5.64. The van der Waals surface area contributed by atoms with Crippen LogP contribution in [0.2, 0.25) is 0 Å².